The molecule has 1 aliphatic carbocycles. The summed E-state index contributed by atoms with van der Waals surface area (Å²) in [6.45, 7) is 10.5. The average Bonchev–Trinajstić information content (AvgIpc) is 3.29. The average molecular weight is 448 g/mol. The molecule has 2 fully saturated rings. The molecule has 7 nitrogen and oxygen atoms in total. The Kier molecular flexibility index (Phi) is 9.91. The monoisotopic (exact) mass is 447 g/mol. The first-order chi connectivity index (χ1) is 15.2. The minimum atomic E-state index is -0.877. The van der Waals surface area contributed by atoms with Crippen molar-refractivity contribution in [1.29, 1.82) is 0 Å². The molecule has 3 amide bonds. The molecule has 1 unspecified atom stereocenters. The van der Waals surface area contributed by atoms with Gasteiger partial charge in [0.25, 0.3) is 5.91 Å². The SMILES string of the molecule is C=CCNC(=O)C(=O)C(CCCC)NC(=O)[C@@H]1CCCN1C(=O)[C@@H](C)C1(C)CCCCC1. The van der Waals surface area contributed by atoms with E-state index in [1.165, 1.54) is 12.5 Å². The molecule has 0 spiro atoms. The van der Waals surface area contributed by atoms with E-state index in [2.05, 4.69) is 24.1 Å². The maximum Gasteiger partial charge on any atom is 0.289 e. The van der Waals surface area contributed by atoms with Crippen LogP contribution in [0, 0.1) is 11.3 Å². The molecule has 2 rings (SSSR count). The first-order valence-corrected chi connectivity index (χ1v) is 12.3. The fourth-order valence-corrected chi connectivity index (χ4v) is 5.00. The third-order valence-electron chi connectivity index (χ3n) is 7.36. The summed E-state index contributed by atoms with van der Waals surface area (Å²) in [6.07, 6.45) is 10.4. The van der Waals surface area contributed by atoms with Crippen LogP contribution in [0.5, 0.6) is 0 Å². The van der Waals surface area contributed by atoms with Crippen molar-refractivity contribution in [2.24, 2.45) is 11.3 Å². The molecule has 2 aliphatic rings. The second kappa shape index (κ2) is 12.2. The third kappa shape index (κ3) is 6.42. The fraction of sp³-hybridized carbons (Fsp3) is 0.760. The van der Waals surface area contributed by atoms with Crippen LogP contribution < -0.4 is 10.6 Å². The summed E-state index contributed by atoms with van der Waals surface area (Å²) < 4.78 is 0. The van der Waals surface area contributed by atoms with Crippen molar-refractivity contribution in [2.75, 3.05) is 13.1 Å². The second-order valence-corrected chi connectivity index (χ2v) is 9.69. The van der Waals surface area contributed by atoms with Crippen LogP contribution in [-0.4, -0.2) is 53.6 Å². The van der Waals surface area contributed by atoms with E-state index in [4.69, 9.17) is 0 Å². The first kappa shape index (κ1) is 26.1. The Balaban J connectivity index is 2.07. The smallest absolute Gasteiger partial charge is 0.289 e. The van der Waals surface area contributed by atoms with E-state index in [0.29, 0.717) is 25.8 Å². The van der Waals surface area contributed by atoms with Crippen LogP contribution in [-0.2, 0) is 19.2 Å². The molecule has 7 heteroatoms. The van der Waals surface area contributed by atoms with Crippen molar-refractivity contribution in [3.05, 3.63) is 12.7 Å². The summed E-state index contributed by atoms with van der Waals surface area (Å²) in [5, 5.41) is 5.29. The number of unbranched alkanes of at least 4 members (excludes halogenated alkanes) is 1. The van der Waals surface area contributed by atoms with Gasteiger partial charge in [0.1, 0.15) is 6.04 Å². The Morgan fingerprint density at radius 3 is 2.47 bits per heavy atom. The lowest BCUT2D eigenvalue weighted by molar-refractivity contribution is -0.146. The van der Waals surface area contributed by atoms with Crippen LogP contribution in [0.4, 0.5) is 0 Å². The molecule has 1 saturated heterocycles. The maximum atomic E-state index is 13.4. The van der Waals surface area contributed by atoms with Gasteiger partial charge in [-0.05, 0) is 37.5 Å². The van der Waals surface area contributed by atoms with E-state index < -0.39 is 23.8 Å². The van der Waals surface area contributed by atoms with Crippen molar-refractivity contribution < 1.29 is 19.2 Å². The normalized spacial score (nSPS) is 22.0. The molecule has 1 aliphatic heterocycles. The Bertz CT molecular complexity index is 699. The summed E-state index contributed by atoms with van der Waals surface area (Å²) in [5.41, 5.74) is -0.0260. The van der Waals surface area contributed by atoms with E-state index in [1.54, 1.807) is 4.90 Å². The van der Waals surface area contributed by atoms with Gasteiger partial charge in [-0.2, -0.15) is 0 Å². The molecular weight excluding hydrogens is 406 g/mol. The van der Waals surface area contributed by atoms with Crippen LogP contribution >= 0.6 is 0 Å². The van der Waals surface area contributed by atoms with Crippen molar-refractivity contribution in [3.8, 4) is 0 Å². The Hall–Kier alpha value is -2.18. The number of likely N-dealkylation sites (tertiary alicyclic amines) is 1. The highest BCUT2D eigenvalue weighted by Gasteiger charge is 2.43. The number of rotatable bonds is 11. The molecule has 1 saturated carbocycles. The number of hydrogen-bond donors (Lipinski definition) is 2. The van der Waals surface area contributed by atoms with E-state index >= 15 is 0 Å². The van der Waals surface area contributed by atoms with Gasteiger partial charge in [-0.25, -0.2) is 0 Å². The van der Waals surface area contributed by atoms with E-state index in [9.17, 15) is 19.2 Å². The lowest BCUT2D eigenvalue weighted by Crippen LogP contribution is -2.54. The Morgan fingerprint density at radius 1 is 1.16 bits per heavy atom. The van der Waals surface area contributed by atoms with E-state index in [-0.39, 0.29) is 29.7 Å². The summed E-state index contributed by atoms with van der Waals surface area (Å²) in [4.78, 5) is 53.0. The zero-order chi connectivity index (χ0) is 23.7. The quantitative estimate of drug-likeness (QED) is 0.376. The van der Waals surface area contributed by atoms with E-state index in [0.717, 1.165) is 38.5 Å². The molecule has 0 aromatic rings. The maximum absolute atomic E-state index is 13.4. The zero-order valence-corrected chi connectivity index (χ0v) is 20.1. The number of nitrogens with one attached hydrogen (secondary N) is 2. The number of amides is 3. The van der Waals surface area contributed by atoms with Crippen molar-refractivity contribution in [1.82, 2.24) is 15.5 Å². The van der Waals surface area contributed by atoms with Gasteiger partial charge in [0.05, 0.1) is 6.04 Å². The number of nitrogens with zero attached hydrogens (tertiary/aromatic N) is 1. The van der Waals surface area contributed by atoms with Crippen LogP contribution in [0.15, 0.2) is 12.7 Å². The highest BCUT2D eigenvalue weighted by Crippen LogP contribution is 2.43. The molecule has 2 N–H and O–H groups in total. The topological polar surface area (TPSA) is 95.6 Å². The van der Waals surface area contributed by atoms with Crippen LogP contribution in [0.2, 0.25) is 0 Å². The summed E-state index contributed by atoms with van der Waals surface area (Å²) in [6, 6.07) is -1.46. The number of Topliss-reactive ketones (excluding diaryl/α,β-unsaturated/α-hetero) is 1. The van der Waals surface area contributed by atoms with Gasteiger partial charge in [0, 0.05) is 19.0 Å². The van der Waals surface area contributed by atoms with Crippen molar-refractivity contribution in [3.63, 3.8) is 0 Å². The van der Waals surface area contributed by atoms with Gasteiger partial charge in [-0.3, -0.25) is 19.2 Å². The minimum absolute atomic E-state index is 0.0260. The summed E-state index contributed by atoms with van der Waals surface area (Å²) in [7, 11) is 0. The van der Waals surface area contributed by atoms with Crippen LogP contribution in [0.1, 0.15) is 85.0 Å². The predicted molar refractivity (Wildman–Crippen MR) is 125 cm³/mol. The number of ketones is 1. The molecule has 0 bridgehead atoms. The van der Waals surface area contributed by atoms with Gasteiger partial charge in [0.15, 0.2) is 0 Å². The van der Waals surface area contributed by atoms with E-state index in [1.807, 2.05) is 13.8 Å². The molecule has 0 aromatic heterocycles. The van der Waals surface area contributed by atoms with Crippen molar-refractivity contribution in [2.45, 2.75) is 97.1 Å². The third-order valence-corrected chi connectivity index (χ3v) is 7.36. The Labute approximate surface area is 192 Å². The zero-order valence-electron chi connectivity index (χ0n) is 20.1. The highest BCUT2D eigenvalue weighted by molar-refractivity contribution is 6.38. The Morgan fingerprint density at radius 2 is 1.84 bits per heavy atom. The number of carbonyl (C=O) groups is 4. The highest BCUT2D eigenvalue weighted by atomic mass is 16.2. The van der Waals surface area contributed by atoms with Gasteiger partial charge < -0.3 is 15.5 Å². The van der Waals surface area contributed by atoms with Crippen LogP contribution in [0.25, 0.3) is 0 Å². The fourth-order valence-electron chi connectivity index (χ4n) is 5.00. The molecule has 0 radical (unpaired) electrons. The van der Waals surface area contributed by atoms with Gasteiger partial charge >= 0.3 is 0 Å². The molecule has 3 atom stereocenters. The summed E-state index contributed by atoms with van der Waals surface area (Å²) >= 11 is 0. The lowest BCUT2D eigenvalue weighted by Gasteiger charge is -2.40. The lowest BCUT2D eigenvalue weighted by atomic mass is 9.67. The predicted octanol–water partition coefficient (Wildman–Crippen LogP) is 3.13. The number of carbonyl (C=O) groups excluding carboxylic acids is 4. The van der Waals surface area contributed by atoms with Gasteiger partial charge in [0.2, 0.25) is 17.6 Å². The minimum Gasteiger partial charge on any atom is -0.346 e. The molecule has 0 aromatic carbocycles. The second-order valence-electron chi connectivity index (χ2n) is 9.69. The van der Waals surface area contributed by atoms with Gasteiger partial charge in [-0.1, -0.05) is 59.0 Å². The number of hydrogen-bond acceptors (Lipinski definition) is 4. The van der Waals surface area contributed by atoms with Crippen LogP contribution in [0.3, 0.4) is 0 Å². The van der Waals surface area contributed by atoms with Crippen molar-refractivity contribution >= 4 is 23.5 Å². The largest absolute Gasteiger partial charge is 0.346 e. The molecule has 32 heavy (non-hydrogen) atoms. The van der Waals surface area contributed by atoms with Gasteiger partial charge in [-0.15, -0.1) is 6.58 Å². The molecule has 180 valence electrons. The molecule has 1 heterocycles. The molecular formula is C25H41N3O4. The summed E-state index contributed by atoms with van der Waals surface area (Å²) in [5.74, 6) is -1.80. The standard InChI is InChI=1S/C25H41N3O4/c1-5-7-12-19(21(29)23(31)26-16-6-2)27-22(30)20-13-11-17-28(20)24(32)18(3)25(4)14-9-8-10-15-25/h6,18-20H,2,5,7-17H2,1,3-4H3,(H,26,31)(H,27,30)/t18-,19?,20+/m1/s1. The first-order valence-electron chi connectivity index (χ1n) is 12.3.